The van der Waals surface area contributed by atoms with Gasteiger partial charge in [-0.2, -0.15) is 5.10 Å². The maximum Gasteiger partial charge on any atom is 0.0726 e. The fourth-order valence-corrected chi connectivity index (χ4v) is 1.93. The van der Waals surface area contributed by atoms with E-state index in [-0.39, 0.29) is 6.04 Å². The summed E-state index contributed by atoms with van der Waals surface area (Å²) in [5.41, 5.74) is 8.40. The second kappa shape index (κ2) is 6.21. The molecule has 1 heterocycles. The van der Waals surface area contributed by atoms with Gasteiger partial charge in [0.1, 0.15) is 0 Å². The van der Waals surface area contributed by atoms with E-state index >= 15 is 0 Å². The van der Waals surface area contributed by atoms with E-state index in [0.29, 0.717) is 0 Å². The zero-order chi connectivity index (χ0) is 12.8. The van der Waals surface area contributed by atoms with E-state index in [1.54, 1.807) is 4.68 Å². The second-order valence-electron chi connectivity index (χ2n) is 4.49. The Morgan fingerprint density at radius 1 is 1.33 bits per heavy atom. The molecular weight excluding hydrogens is 224 g/mol. The molecule has 0 saturated carbocycles. The van der Waals surface area contributed by atoms with Crippen LogP contribution in [-0.4, -0.2) is 16.3 Å². The van der Waals surface area contributed by atoms with Gasteiger partial charge in [-0.15, -0.1) is 0 Å². The topological polar surface area (TPSA) is 55.9 Å². The van der Waals surface area contributed by atoms with Crippen molar-refractivity contribution in [3.05, 3.63) is 48.3 Å². The monoisotopic (exact) mass is 244 g/mol. The van der Waals surface area contributed by atoms with E-state index in [1.807, 2.05) is 37.6 Å². The number of nitrogens with one attached hydrogen (secondary N) is 1. The molecule has 1 atom stereocenters. The van der Waals surface area contributed by atoms with Crippen LogP contribution < -0.4 is 11.1 Å². The zero-order valence-electron chi connectivity index (χ0n) is 10.7. The number of aromatic nitrogens is 2. The first-order chi connectivity index (χ1) is 8.75. The van der Waals surface area contributed by atoms with Crippen molar-refractivity contribution in [1.29, 1.82) is 0 Å². The van der Waals surface area contributed by atoms with Crippen molar-refractivity contribution >= 4 is 5.69 Å². The molecule has 3 N–H and O–H groups in total. The molecule has 18 heavy (non-hydrogen) atoms. The lowest BCUT2D eigenvalue weighted by atomic mass is 10.0. The molecule has 0 amide bonds. The molecule has 0 bridgehead atoms. The molecule has 4 nitrogen and oxygen atoms in total. The van der Waals surface area contributed by atoms with E-state index in [9.17, 15) is 0 Å². The molecule has 0 radical (unpaired) electrons. The van der Waals surface area contributed by atoms with Gasteiger partial charge in [-0.1, -0.05) is 30.3 Å². The average Bonchev–Trinajstić information content (AvgIpc) is 2.81. The molecular formula is C14H20N4. The van der Waals surface area contributed by atoms with Crippen LogP contribution in [0, 0.1) is 0 Å². The number of hydrogen-bond donors (Lipinski definition) is 2. The smallest absolute Gasteiger partial charge is 0.0726 e. The first-order valence-corrected chi connectivity index (χ1v) is 6.29. The molecule has 1 unspecified atom stereocenters. The Labute approximate surface area is 108 Å². The van der Waals surface area contributed by atoms with Crippen LogP contribution in [0.1, 0.15) is 24.4 Å². The lowest BCUT2D eigenvalue weighted by Gasteiger charge is -2.11. The van der Waals surface area contributed by atoms with Crippen molar-refractivity contribution in [3.63, 3.8) is 0 Å². The highest BCUT2D eigenvalue weighted by atomic mass is 15.3. The van der Waals surface area contributed by atoms with Crippen molar-refractivity contribution in [2.45, 2.75) is 18.9 Å². The van der Waals surface area contributed by atoms with E-state index in [0.717, 1.165) is 25.1 Å². The summed E-state index contributed by atoms with van der Waals surface area (Å²) < 4.78 is 1.79. The molecule has 0 aliphatic heterocycles. The lowest BCUT2D eigenvalue weighted by molar-refractivity contribution is 0.626. The third-order valence-electron chi connectivity index (χ3n) is 2.95. The Morgan fingerprint density at radius 3 is 2.78 bits per heavy atom. The maximum atomic E-state index is 6.13. The van der Waals surface area contributed by atoms with E-state index in [4.69, 9.17) is 5.73 Å². The number of nitrogens with zero attached hydrogens (tertiary/aromatic N) is 2. The summed E-state index contributed by atoms with van der Waals surface area (Å²) in [5, 5.41) is 7.44. The number of benzene rings is 1. The van der Waals surface area contributed by atoms with Crippen LogP contribution in [0.25, 0.3) is 0 Å². The zero-order valence-corrected chi connectivity index (χ0v) is 10.7. The fraction of sp³-hybridized carbons (Fsp3) is 0.357. The van der Waals surface area contributed by atoms with E-state index in [1.165, 1.54) is 5.56 Å². The van der Waals surface area contributed by atoms with Crippen molar-refractivity contribution in [2.75, 3.05) is 11.9 Å². The molecule has 0 saturated heterocycles. The quantitative estimate of drug-likeness (QED) is 0.767. The molecule has 0 spiro atoms. The SMILES string of the molecule is Cn1cc(NCCCC(N)c2ccccc2)cn1. The van der Waals surface area contributed by atoms with Crippen LogP contribution in [0.2, 0.25) is 0 Å². The molecule has 2 aromatic rings. The number of aryl methyl sites for hydroxylation is 1. The third-order valence-corrected chi connectivity index (χ3v) is 2.95. The number of nitrogens with two attached hydrogens (primary N) is 1. The van der Waals surface area contributed by atoms with E-state index in [2.05, 4.69) is 22.5 Å². The van der Waals surface area contributed by atoms with Crippen LogP contribution in [0.4, 0.5) is 5.69 Å². The van der Waals surface area contributed by atoms with Gasteiger partial charge in [-0.05, 0) is 18.4 Å². The van der Waals surface area contributed by atoms with Gasteiger partial charge in [0.2, 0.25) is 0 Å². The maximum absolute atomic E-state index is 6.13. The Balaban J connectivity index is 1.69. The summed E-state index contributed by atoms with van der Waals surface area (Å²) in [7, 11) is 1.91. The lowest BCUT2D eigenvalue weighted by Crippen LogP contribution is -2.12. The molecule has 1 aromatic heterocycles. The van der Waals surface area contributed by atoms with Gasteiger partial charge in [0.25, 0.3) is 0 Å². The molecule has 0 fully saturated rings. The van der Waals surface area contributed by atoms with Crippen molar-refractivity contribution < 1.29 is 0 Å². The minimum Gasteiger partial charge on any atom is -0.383 e. The Bertz CT molecular complexity index is 464. The second-order valence-corrected chi connectivity index (χ2v) is 4.49. The summed E-state index contributed by atoms with van der Waals surface area (Å²) in [6.45, 7) is 0.923. The number of anilines is 1. The van der Waals surface area contributed by atoms with Crippen molar-refractivity contribution in [2.24, 2.45) is 12.8 Å². The Morgan fingerprint density at radius 2 is 2.11 bits per heavy atom. The number of hydrogen-bond acceptors (Lipinski definition) is 3. The fourth-order valence-electron chi connectivity index (χ4n) is 1.93. The minimum atomic E-state index is 0.127. The minimum absolute atomic E-state index is 0.127. The van der Waals surface area contributed by atoms with Crippen molar-refractivity contribution in [3.8, 4) is 0 Å². The summed E-state index contributed by atoms with van der Waals surface area (Å²) in [6.07, 6.45) is 5.83. The molecule has 2 rings (SSSR count). The summed E-state index contributed by atoms with van der Waals surface area (Å²) in [5.74, 6) is 0. The Kier molecular flexibility index (Phi) is 4.36. The van der Waals surface area contributed by atoms with Crippen molar-refractivity contribution in [1.82, 2.24) is 9.78 Å². The summed E-state index contributed by atoms with van der Waals surface area (Å²) >= 11 is 0. The average molecular weight is 244 g/mol. The largest absolute Gasteiger partial charge is 0.383 e. The highest BCUT2D eigenvalue weighted by molar-refractivity contribution is 5.37. The van der Waals surface area contributed by atoms with Gasteiger partial charge in [-0.3, -0.25) is 4.68 Å². The van der Waals surface area contributed by atoms with Gasteiger partial charge in [-0.25, -0.2) is 0 Å². The predicted octanol–water partition coefficient (Wildman–Crippen LogP) is 2.31. The van der Waals surface area contributed by atoms with Gasteiger partial charge in [0, 0.05) is 25.8 Å². The van der Waals surface area contributed by atoms with Crippen LogP contribution >= 0.6 is 0 Å². The van der Waals surface area contributed by atoms with Gasteiger partial charge < -0.3 is 11.1 Å². The van der Waals surface area contributed by atoms with Crippen LogP contribution in [0.3, 0.4) is 0 Å². The third kappa shape index (κ3) is 3.60. The summed E-state index contributed by atoms with van der Waals surface area (Å²) in [6, 6.07) is 10.4. The predicted molar refractivity (Wildman–Crippen MR) is 74.3 cm³/mol. The molecule has 0 aliphatic rings. The van der Waals surface area contributed by atoms with Crippen LogP contribution in [0.15, 0.2) is 42.7 Å². The van der Waals surface area contributed by atoms with Gasteiger partial charge in [0.05, 0.1) is 11.9 Å². The molecule has 1 aromatic carbocycles. The molecule has 96 valence electrons. The Hall–Kier alpha value is -1.81. The van der Waals surface area contributed by atoms with Gasteiger partial charge in [0.15, 0.2) is 0 Å². The normalized spacial score (nSPS) is 12.3. The number of rotatable bonds is 6. The first kappa shape index (κ1) is 12.6. The highest BCUT2D eigenvalue weighted by Gasteiger charge is 2.04. The summed E-state index contributed by atoms with van der Waals surface area (Å²) in [4.78, 5) is 0. The first-order valence-electron chi connectivity index (χ1n) is 6.29. The van der Waals surface area contributed by atoms with Crippen LogP contribution in [-0.2, 0) is 7.05 Å². The molecule has 4 heteroatoms. The standard InChI is InChI=1S/C14H20N4/c1-18-11-13(10-17-18)16-9-5-8-14(15)12-6-3-2-4-7-12/h2-4,6-7,10-11,14,16H,5,8-9,15H2,1H3. The molecule has 0 aliphatic carbocycles. The van der Waals surface area contributed by atoms with Crippen LogP contribution in [0.5, 0.6) is 0 Å². The highest BCUT2D eigenvalue weighted by Crippen LogP contribution is 2.15. The van der Waals surface area contributed by atoms with Gasteiger partial charge >= 0.3 is 0 Å². The van der Waals surface area contributed by atoms with E-state index < -0.39 is 0 Å².